The molecule has 0 unspecified atom stereocenters. The molecule has 1 rings (SSSR count). The van der Waals surface area contributed by atoms with Crippen LogP contribution in [-0.2, 0) is 20.4 Å². The molecule has 0 saturated heterocycles. The summed E-state index contributed by atoms with van der Waals surface area (Å²) in [4.78, 5) is 13.8. The van der Waals surface area contributed by atoms with E-state index in [0.29, 0.717) is 6.54 Å². The van der Waals surface area contributed by atoms with Gasteiger partial charge in [-0.05, 0) is 36.4 Å². The van der Waals surface area contributed by atoms with Crippen LogP contribution < -0.4 is 0 Å². The molecule has 0 amide bonds. The third kappa shape index (κ3) is 8.37. The number of nitriles is 2. The Hall–Kier alpha value is -2.32. The fourth-order valence-electron chi connectivity index (χ4n) is 1.94. The second-order valence-corrected chi connectivity index (χ2v) is 5.88. The molecule has 0 atom stereocenters. The lowest BCUT2D eigenvalue weighted by molar-refractivity contribution is -0.143. The molecular weight excluding hydrogens is 429 g/mol. The lowest BCUT2D eigenvalue weighted by Crippen LogP contribution is -2.23. The van der Waals surface area contributed by atoms with Crippen LogP contribution in [0.1, 0.15) is 18.1 Å². The first-order valence-corrected chi connectivity index (χ1v) is 9.37. The predicted octanol–water partition coefficient (Wildman–Crippen LogP) is 3.52. The Balaban J connectivity index is 2.39. The normalized spacial score (nSPS) is 9.92. The largest absolute Gasteiger partial charge is 0.464 e. The van der Waals surface area contributed by atoms with E-state index < -0.39 is 0 Å². The molecule has 5 nitrogen and oxygen atoms in total. The SMILES string of the molecule is CCN(/C=C/C=C(C#N)C#N)CCOC(=O)Cc1ccc(CI)cc1. The molecule has 0 spiro atoms. The van der Waals surface area contributed by atoms with Crippen molar-refractivity contribution < 1.29 is 9.53 Å². The van der Waals surface area contributed by atoms with Crippen LogP contribution >= 0.6 is 22.6 Å². The van der Waals surface area contributed by atoms with Crippen LogP contribution in [0.25, 0.3) is 0 Å². The first kappa shape index (κ1) is 20.7. The maximum Gasteiger partial charge on any atom is 0.310 e. The zero-order valence-corrected chi connectivity index (χ0v) is 16.3. The number of rotatable bonds is 9. The van der Waals surface area contributed by atoms with Crippen molar-refractivity contribution in [3.63, 3.8) is 0 Å². The zero-order valence-electron chi connectivity index (χ0n) is 14.1. The fourth-order valence-corrected chi connectivity index (χ4v) is 2.45. The van der Waals surface area contributed by atoms with Crippen LogP contribution in [0, 0.1) is 22.7 Å². The Bertz CT molecular complexity index is 681. The number of allylic oxidation sites excluding steroid dienone is 3. The lowest BCUT2D eigenvalue weighted by Gasteiger charge is -2.17. The molecule has 1 aromatic rings. The molecule has 130 valence electrons. The van der Waals surface area contributed by atoms with Gasteiger partial charge >= 0.3 is 5.97 Å². The highest BCUT2D eigenvalue weighted by Crippen LogP contribution is 2.09. The molecule has 0 saturated carbocycles. The van der Waals surface area contributed by atoms with Crippen molar-refractivity contribution in [1.29, 1.82) is 10.5 Å². The van der Waals surface area contributed by atoms with E-state index in [-0.39, 0.29) is 24.6 Å². The van der Waals surface area contributed by atoms with E-state index in [0.717, 1.165) is 16.5 Å². The summed E-state index contributed by atoms with van der Waals surface area (Å²) < 4.78 is 6.22. The molecule has 0 aliphatic heterocycles. The Morgan fingerprint density at radius 2 is 1.88 bits per heavy atom. The summed E-state index contributed by atoms with van der Waals surface area (Å²) >= 11 is 2.30. The van der Waals surface area contributed by atoms with E-state index in [1.165, 1.54) is 11.6 Å². The molecular formula is C19H20IN3O2. The summed E-state index contributed by atoms with van der Waals surface area (Å²) in [5.41, 5.74) is 2.22. The van der Waals surface area contributed by atoms with Gasteiger partial charge in [0.25, 0.3) is 0 Å². The van der Waals surface area contributed by atoms with Crippen LogP contribution in [0.3, 0.4) is 0 Å². The first-order valence-electron chi connectivity index (χ1n) is 7.85. The van der Waals surface area contributed by atoms with Gasteiger partial charge in [0.05, 0.1) is 13.0 Å². The molecule has 0 N–H and O–H groups in total. The van der Waals surface area contributed by atoms with Crippen molar-refractivity contribution in [1.82, 2.24) is 4.90 Å². The van der Waals surface area contributed by atoms with Crippen LogP contribution in [0.2, 0.25) is 0 Å². The van der Waals surface area contributed by atoms with Gasteiger partial charge in [-0.25, -0.2) is 0 Å². The predicted molar refractivity (Wildman–Crippen MR) is 105 cm³/mol. The van der Waals surface area contributed by atoms with Gasteiger partial charge in [-0.2, -0.15) is 10.5 Å². The second-order valence-electron chi connectivity index (χ2n) is 5.12. The van der Waals surface area contributed by atoms with Crippen LogP contribution in [0.15, 0.2) is 48.2 Å². The minimum Gasteiger partial charge on any atom is -0.464 e. The van der Waals surface area contributed by atoms with Gasteiger partial charge in [-0.1, -0.05) is 46.9 Å². The van der Waals surface area contributed by atoms with Gasteiger partial charge in [0.1, 0.15) is 24.3 Å². The molecule has 1 aromatic carbocycles. The number of ether oxygens (including phenoxy) is 1. The van der Waals surface area contributed by atoms with Crippen LogP contribution in [0.5, 0.6) is 0 Å². The van der Waals surface area contributed by atoms with Crippen molar-refractivity contribution in [3.8, 4) is 12.1 Å². The molecule has 0 radical (unpaired) electrons. The molecule has 0 heterocycles. The van der Waals surface area contributed by atoms with E-state index in [4.69, 9.17) is 15.3 Å². The standard InChI is InChI=1S/C19H20IN3O2/c1-2-23(9-3-4-18(14-21)15-22)10-11-25-19(24)12-16-5-7-17(13-20)8-6-16/h3-9H,2,10-13H2,1H3/b9-3+. The quantitative estimate of drug-likeness (QED) is 0.190. The Labute approximate surface area is 162 Å². The summed E-state index contributed by atoms with van der Waals surface area (Å²) in [6.07, 6.45) is 5.13. The lowest BCUT2D eigenvalue weighted by atomic mass is 10.1. The van der Waals surface area contributed by atoms with Crippen molar-refractivity contribution in [2.75, 3.05) is 19.7 Å². The molecule has 0 aliphatic carbocycles. The zero-order chi connectivity index (χ0) is 18.5. The summed E-state index contributed by atoms with van der Waals surface area (Å²) in [7, 11) is 0. The Morgan fingerprint density at radius 1 is 1.24 bits per heavy atom. The van der Waals surface area contributed by atoms with Gasteiger partial charge in [0.2, 0.25) is 0 Å². The number of carbonyl (C=O) groups is 1. The third-order valence-electron chi connectivity index (χ3n) is 3.37. The number of benzene rings is 1. The Kier molecular flexibility index (Phi) is 10.0. The summed E-state index contributed by atoms with van der Waals surface area (Å²) in [6.45, 7) is 3.54. The second kappa shape index (κ2) is 12.1. The number of likely N-dealkylation sites (N-methyl/N-ethyl adjacent to an activating group) is 1. The van der Waals surface area contributed by atoms with Crippen molar-refractivity contribution in [3.05, 3.63) is 59.3 Å². The van der Waals surface area contributed by atoms with E-state index in [2.05, 4.69) is 22.6 Å². The van der Waals surface area contributed by atoms with Gasteiger partial charge in [0.15, 0.2) is 0 Å². The third-order valence-corrected chi connectivity index (χ3v) is 4.25. The number of hydrogen-bond acceptors (Lipinski definition) is 5. The Morgan fingerprint density at radius 3 is 2.44 bits per heavy atom. The number of alkyl halides is 1. The highest BCUT2D eigenvalue weighted by Gasteiger charge is 2.05. The van der Waals surface area contributed by atoms with Crippen molar-refractivity contribution in [2.45, 2.75) is 17.8 Å². The highest BCUT2D eigenvalue weighted by atomic mass is 127. The highest BCUT2D eigenvalue weighted by molar-refractivity contribution is 14.1. The fraction of sp³-hybridized carbons (Fsp3) is 0.316. The first-order chi connectivity index (χ1) is 12.1. The monoisotopic (exact) mass is 449 g/mol. The van der Waals surface area contributed by atoms with Crippen molar-refractivity contribution >= 4 is 28.6 Å². The van der Waals surface area contributed by atoms with E-state index in [1.54, 1.807) is 24.4 Å². The minimum absolute atomic E-state index is 0.0484. The number of halogens is 1. The molecule has 0 aliphatic rings. The molecule has 0 aromatic heterocycles. The molecule has 25 heavy (non-hydrogen) atoms. The topological polar surface area (TPSA) is 77.1 Å². The van der Waals surface area contributed by atoms with Crippen molar-refractivity contribution in [2.24, 2.45) is 0 Å². The molecule has 6 heteroatoms. The number of nitrogens with zero attached hydrogens (tertiary/aromatic N) is 3. The number of hydrogen-bond donors (Lipinski definition) is 0. The average Bonchev–Trinajstić information content (AvgIpc) is 2.64. The number of esters is 1. The molecule has 0 bridgehead atoms. The van der Waals surface area contributed by atoms with E-state index in [1.807, 2.05) is 36.1 Å². The van der Waals surface area contributed by atoms with Crippen LogP contribution in [0.4, 0.5) is 0 Å². The molecule has 0 fully saturated rings. The maximum absolute atomic E-state index is 11.9. The minimum atomic E-state index is -0.251. The van der Waals surface area contributed by atoms with Gasteiger partial charge in [0, 0.05) is 11.0 Å². The summed E-state index contributed by atoms with van der Waals surface area (Å²) in [5, 5.41) is 17.3. The maximum atomic E-state index is 11.9. The van der Waals surface area contributed by atoms with Crippen LogP contribution in [-0.4, -0.2) is 30.6 Å². The average molecular weight is 449 g/mol. The van der Waals surface area contributed by atoms with E-state index in [9.17, 15) is 4.79 Å². The summed E-state index contributed by atoms with van der Waals surface area (Å²) in [5.74, 6) is -0.251. The number of carbonyl (C=O) groups excluding carboxylic acids is 1. The van der Waals surface area contributed by atoms with E-state index >= 15 is 0 Å². The van der Waals surface area contributed by atoms with Gasteiger partial charge in [-0.3, -0.25) is 4.79 Å². The summed E-state index contributed by atoms with van der Waals surface area (Å²) in [6, 6.07) is 11.5. The van der Waals surface area contributed by atoms with Gasteiger partial charge < -0.3 is 9.64 Å². The van der Waals surface area contributed by atoms with Gasteiger partial charge in [-0.15, -0.1) is 0 Å². The smallest absolute Gasteiger partial charge is 0.310 e.